The fourth-order valence-corrected chi connectivity index (χ4v) is 3.03. The van der Waals surface area contributed by atoms with Gasteiger partial charge in [0.05, 0.1) is 12.2 Å². The summed E-state index contributed by atoms with van der Waals surface area (Å²) in [6.45, 7) is 11.0. The topological polar surface area (TPSA) is 32.3 Å². The highest BCUT2D eigenvalue weighted by Gasteiger charge is 2.41. The molecule has 1 saturated heterocycles. The van der Waals surface area contributed by atoms with E-state index in [4.69, 9.17) is 0 Å². The minimum atomic E-state index is 0.0581. The molecule has 18 heavy (non-hydrogen) atoms. The molecule has 0 aromatic heterocycles. The number of nitrogens with one attached hydrogen (secondary N) is 1. The van der Waals surface area contributed by atoms with Crippen LogP contribution in [0.25, 0.3) is 0 Å². The van der Waals surface area contributed by atoms with E-state index >= 15 is 0 Å². The van der Waals surface area contributed by atoms with Crippen LogP contribution in [0.2, 0.25) is 0 Å². The van der Waals surface area contributed by atoms with E-state index in [0.717, 1.165) is 32.1 Å². The number of nitrogens with zero attached hydrogens (tertiary/aromatic N) is 1. The molecular weight excluding hydrogens is 224 g/mol. The van der Waals surface area contributed by atoms with E-state index in [-0.39, 0.29) is 12.2 Å². The fraction of sp³-hybridized carbons (Fsp3) is 0.933. The second-order valence-corrected chi connectivity index (χ2v) is 5.75. The van der Waals surface area contributed by atoms with Crippen molar-refractivity contribution in [3.8, 4) is 0 Å². The first-order chi connectivity index (χ1) is 8.56. The van der Waals surface area contributed by atoms with Crippen molar-refractivity contribution in [2.24, 2.45) is 5.92 Å². The number of carbonyl (C=O) groups is 1. The lowest BCUT2D eigenvalue weighted by Crippen LogP contribution is -2.46. The maximum Gasteiger partial charge on any atom is 0.241 e. The van der Waals surface area contributed by atoms with Gasteiger partial charge in [-0.15, -0.1) is 0 Å². The Kier molecular flexibility index (Phi) is 6.13. The molecular formula is C15H30N2O. The Hall–Kier alpha value is -0.570. The van der Waals surface area contributed by atoms with Crippen molar-refractivity contribution in [3.05, 3.63) is 0 Å². The molecule has 3 unspecified atom stereocenters. The van der Waals surface area contributed by atoms with Crippen LogP contribution in [-0.2, 0) is 4.79 Å². The smallest absolute Gasteiger partial charge is 0.241 e. The maximum atomic E-state index is 12.5. The van der Waals surface area contributed by atoms with Gasteiger partial charge < -0.3 is 4.90 Å². The molecule has 3 nitrogen and oxygen atoms in total. The molecule has 0 radical (unpaired) electrons. The minimum Gasteiger partial charge on any atom is -0.323 e. The Morgan fingerprint density at radius 1 is 1.28 bits per heavy atom. The fourth-order valence-electron chi connectivity index (χ4n) is 3.03. The summed E-state index contributed by atoms with van der Waals surface area (Å²) in [4.78, 5) is 14.7. The molecule has 0 bridgehead atoms. The molecule has 1 rings (SSSR count). The van der Waals surface area contributed by atoms with Gasteiger partial charge in [-0.25, -0.2) is 0 Å². The first kappa shape index (κ1) is 15.5. The van der Waals surface area contributed by atoms with Gasteiger partial charge in [-0.1, -0.05) is 47.5 Å². The van der Waals surface area contributed by atoms with Crippen molar-refractivity contribution in [1.82, 2.24) is 10.2 Å². The predicted octanol–water partition coefficient (Wildman–Crippen LogP) is 3.15. The van der Waals surface area contributed by atoms with Crippen LogP contribution in [0.15, 0.2) is 0 Å². The van der Waals surface area contributed by atoms with Gasteiger partial charge in [0.15, 0.2) is 0 Å². The number of unbranched alkanes of at least 4 members (excludes halogenated alkanes) is 1. The van der Waals surface area contributed by atoms with Crippen LogP contribution in [0.5, 0.6) is 0 Å². The van der Waals surface area contributed by atoms with Gasteiger partial charge in [0, 0.05) is 6.04 Å². The monoisotopic (exact) mass is 254 g/mol. The molecule has 0 aromatic carbocycles. The molecule has 0 aliphatic carbocycles. The minimum absolute atomic E-state index is 0.0581. The Morgan fingerprint density at radius 3 is 2.39 bits per heavy atom. The quantitative estimate of drug-likeness (QED) is 0.757. The second kappa shape index (κ2) is 7.13. The first-order valence-electron chi connectivity index (χ1n) is 7.64. The van der Waals surface area contributed by atoms with E-state index in [1.807, 2.05) is 0 Å². The van der Waals surface area contributed by atoms with Gasteiger partial charge in [0.1, 0.15) is 0 Å². The highest BCUT2D eigenvalue weighted by Crippen LogP contribution is 2.25. The molecule has 0 aromatic rings. The molecule has 1 amide bonds. The van der Waals surface area contributed by atoms with Crippen molar-refractivity contribution in [2.75, 3.05) is 0 Å². The van der Waals surface area contributed by atoms with Crippen molar-refractivity contribution >= 4 is 5.91 Å². The van der Waals surface area contributed by atoms with Gasteiger partial charge in [-0.3, -0.25) is 10.1 Å². The number of hydrogen-bond acceptors (Lipinski definition) is 2. The average Bonchev–Trinajstić information content (AvgIpc) is 2.65. The van der Waals surface area contributed by atoms with Crippen LogP contribution in [-0.4, -0.2) is 29.1 Å². The number of carbonyl (C=O) groups excluding carboxylic acids is 1. The zero-order chi connectivity index (χ0) is 13.7. The summed E-state index contributed by atoms with van der Waals surface area (Å²) in [6, 6.07) is 0.435. The van der Waals surface area contributed by atoms with Gasteiger partial charge in [-0.2, -0.15) is 0 Å². The lowest BCUT2D eigenvalue weighted by atomic mass is 9.99. The van der Waals surface area contributed by atoms with Crippen LogP contribution in [0.3, 0.4) is 0 Å². The summed E-state index contributed by atoms with van der Waals surface area (Å²) < 4.78 is 0. The standard InChI is InChI=1S/C15H30N2O/c1-6-9-10-12-15(18)17(14(8-3)16-12)13(7-2)11(4)5/h11-14,16H,6-10H2,1-5H3. The second-order valence-electron chi connectivity index (χ2n) is 5.75. The van der Waals surface area contributed by atoms with E-state index in [0.29, 0.717) is 17.9 Å². The normalized spacial score (nSPS) is 26.1. The highest BCUT2D eigenvalue weighted by molar-refractivity contribution is 5.84. The van der Waals surface area contributed by atoms with Gasteiger partial charge in [-0.05, 0) is 25.2 Å². The lowest BCUT2D eigenvalue weighted by molar-refractivity contribution is -0.133. The molecule has 3 heteroatoms. The molecule has 1 fully saturated rings. The third-order valence-electron chi connectivity index (χ3n) is 4.06. The SMILES string of the molecule is CCCCC1NC(CC)N(C(CC)C(C)C)C1=O. The summed E-state index contributed by atoms with van der Waals surface area (Å²) in [5, 5.41) is 3.52. The molecule has 106 valence electrons. The summed E-state index contributed by atoms with van der Waals surface area (Å²) in [7, 11) is 0. The van der Waals surface area contributed by atoms with Crippen LogP contribution in [0.1, 0.15) is 66.7 Å². The zero-order valence-corrected chi connectivity index (χ0v) is 12.7. The largest absolute Gasteiger partial charge is 0.323 e. The Bertz CT molecular complexity index is 265. The Labute approximate surface area is 112 Å². The summed E-state index contributed by atoms with van der Waals surface area (Å²) in [6.07, 6.45) is 5.55. The summed E-state index contributed by atoms with van der Waals surface area (Å²) >= 11 is 0. The average molecular weight is 254 g/mol. The molecule has 0 saturated carbocycles. The Balaban J connectivity index is 2.78. The van der Waals surface area contributed by atoms with E-state index in [1.54, 1.807) is 0 Å². The van der Waals surface area contributed by atoms with Crippen molar-refractivity contribution in [1.29, 1.82) is 0 Å². The predicted molar refractivity (Wildman–Crippen MR) is 76.3 cm³/mol. The van der Waals surface area contributed by atoms with Crippen molar-refractivity contribution in [2.45, 2.75) is 85.0 Å². The number of rotatable bonds is 7. The first-order valence-corrected chi connectivity index (χ1v) is 7.64. The van der Waals surface area contributed by atoms with Crippen molar-refractivity contribution < 1.29 is 4.79 Å². The van der Waals surface area contributed by atoms with E-state index < -0.39 is 0 Å². The van der Waals surface area contributed by atoms with E-state index in [1.165, 1.54) is 0 Å². The maximum absolute atomic E-state index is 12.5. The summed E-state index contributed by atoms with van der Waals surface area (Å²) in [5.74, 6) is 0.857. The summed E-state index contributed by atoms with van der Waals surface area (Å²) in [5.41, 5.74) is 0. The van der Waals surface area contributed by atoms with Crippen molar-refractivity contribution in [3.63, 3.8) is 0 Å². The molecule has 1 heterocycles. The molecule has 1 N–H and O–H groups in total. The Morgan fingerprint density at radius 2 is 1.94 bits per heavy atom. The van der Waals surface area contributed by atoms with E-state index in [9.17, 15) is 4.79 Å². The number of hydrogen-bond donors (Lipinski definition) is 1. The van der Waals surface area contributed by atoms with Crippen LogP contribution >= 0.6 is 0 Å². The highest BCUT2D eigenvalue weighted by atomic mass is 16.2. The van der Waals surface area contributed by atoms with Crippen LogP contribution in [0.4, 0.5) is 0 Å². The van der Waals surface area contributed by atoms with Gasteiger partial charge in [0.2, 0.25) is 5.91 Å². The van der Waals surface area contributed by atoms with Gasteiger partial charge >= 0.3 is 0 Å². The third-order valence-corrected chi connectivity index (χ3v) is 4.06. The van der Waals surface area contributed by atoms with Crippen LogP contribution in [0, 0.1) is 5.92 Å². The lowest BCUT2D eigenvalue weighted by Gasteiger charge is -2.34. The van der Waals surface area contributed by atoms with Crippen LogP contribution < -0.4 is 5.32 Å². The molecule has 3 atom stereocenters. The molecule has 1 aliphatic rings. The van der Waals surface area contributed by atoms with E-state index in [2.05, 4.69) is 44.8 Å². The third kappa shape index (κ3) is 3.25. The molecule has 1 aliphatic heterocycles. The van der Waals surface area contributed by atoms with Gasteiger partial charge in [0.25, 0.3) is 0 Å². The molecule has 0 spiro atoms. The zero-order valence-electron chi connectivity index (χ0n) is 12.7. The number of amides is 1.